The maximum atomic E-state index is 13.7. The van der Waals surface area contributed by atoms with Gasteiger partial charge in [-0.1, -0.05) is 103 Å². The van der Waals surface area contributed by atoms with Crippen LogP contribution in [0.4, 0.5) is 0 Å². The lowest BCUT2D eigenvalue weighted by Gasteiger charge is -2.32. The molecule has 0 saturated carbocycles. The molecular weight excluding hydrogens is 491 g/mol. The van der Waals surface area contributed by atoms with E-state index in [-0.39, 0.29) is 24.8 Å². The molecule has 0 saturated heterocycles. The second kappa shape index (κ2) is 13.5. The monoisotopic (exact) mass is 524 g/mol. The van der Waals surface area contributed by atoms with Gasteiger partial charge in [0, 0.05) is 36.0 Å². The van der Waals surface area contributed by atoms with E-state index in [9.17, 15) is 9.59 Å². The first-order chi connectivity index (χ1) is 17.2. The van der Waals surface area contributed by atoms with E-state index in [1.54, 1.807) is 17.0 Å². The highest BCUT2D eigenvalue weighted by atomic mass is 35.5. The van der Waals surface area contributed by atoms with Crippen molar-refractivity contribution in [1.29, 1.82) is 0 Å². The Balaban J connectivity index is 1.92. The van der Waals surface area contributed by atoms with Gasteiger partial charge < -0.3 is 10.2 Å². The summed E-state index contributed by atoms with van der Waals surface area (Å²) in [4.78, 5) is 28.9. The summed E-state index contributed by atoms with van der Waals surface area (Å²) in [5.41, 5.74) is 4.00. The number of carbonyl (C=O) groups is 2. The van der Waals surface area contributed by atoms with E-state index >= 15 is 0 Å². The molecule has 36 heavy (non-hydrogen) atoms. The molecule has 0 aromatic heterocycles. The summed E-state index contributed by atoms with van der Waals surface area (Å²) in [7, 11) is 0. The molecule has 3 aromatic rings. The van der Waals surface area contributed by atoms with E-state index < -0.39 is 6.04 Å². The summed E-state index contributed by atoms with van der Waals surface area (Å²) < 4.78 is 0. The Morgan fingerprint density at radius 3 is 2.25 bits per heavy atom. The largest absolute Gasteiger partial charge is 0.354 e. The fraction of sp³-hybridized carbons (Fsp3) is 0.333. The van der Waals surface area contributed by atoms with Crippen LogP contribution in [-0.2, 0) is 29.0 Å². The van der Waals surface area contributed by atoms with Crippen LogP contribution in [0, 0.1) is 12.8 Å². The van der Waals surface area contributed by atoms with Gasteiger partial charge in [-0.15, -0.1) is 0 Å². The highest BCUT2D eigenvalue weighted by molar-refractivity contribution is 6.35. The molecule has 0 unspecified atom stereocenters. The van der Waals surface area contributed by atoms with Crippen molar-refractivity contribution >= 4 is 35.0 Å². The number of hydrogen-bond acceptors (Lipinski definition) is 2. The summed E-state index contributed by atoms with van der Waals surface area (Å²) in [6.45, 7) is 6.89. The third-order valence-electron chi connectivity index (χ3n) is 6.06. The average Bonchev–Trinajstić information content (AvgIpc) is 2.86. The van der Waals surface area contributed by atoms with Gasteiger partial charge in [-0.05, 0) is 48.1 Å². The van der Waals surface area contributed by atoms with Crippen LogP contribution in [0.5, 0.6) is 0 Å². The van der Waals surface area contributed by atoms with Gasteiger partial charge in [0.25, 0.3) is 0 Å². The second-order valence-corrected chi connectivity index (χ2v) is 10.4. The van der Waals surface area contributed by atoms with Gasteiger partial charge in [-0.2, -0.15) is 0 Å². The third kappa shape index (κ3) is 8.39. The zero-order chi connectivity index (χ0) is 26.1. The summed E-state index contributed by atoms with van der Waals surface area (Å²) in [6.07, 6.45) is 1.29. The molecule has 3 rings (SSSR count). The molecule has 6 heteroatoms. The second-order valence-electron chi connectivity index (χ2n) is 9.59. The summed E-state index contributed by atoms with van der Waals surface area (Å²) in [5.74, 6) is 0.0336. The summed E-state index contributed by atoms with van der Waals surface area (Å²) in [5, 5.41) is 4.04. The Bertz CT molecular complexity index is 1150. The number of nitrogens with zero attached hydrogens (tertiary/aromatic N) is 1. The standard InChI is InChI=1S/C30H34Cl2N2O2/c1-21(2)19-33-30(36)28(17-24-7-5-4-6-8-24)34(20-25-14-15-26(31)18-27(25)32)29(35)16-13-23-11-9-22(3)10-12-23/h4-12,14-15,18,21,28H,13,16-17,19-20H2,1-3H3,(H,33,36)/t28-/m0/s1. The molecule has 0 bridgehead atoms. The highest BCUT2D eigenvalue weighted by Gasteiger charge is 2.30. The van der Waals surface area contributed by atoms with Crippen molar-refractivity contribution in [3.8, 4) is 0 Å². The minimum absolute atomic E-state index is 0.0952. The Kier molecular flexibility index (Phi) is 10.4. The lowest BCUT2D eigenvalue weighted by atomic mass is 10.0. The van der Waals surface area contributed by atoms with Gasteiger partial charge >= 0.3 is 0 Å². The first-order valence-electron chi connectivity index (χ1n) is 12.3. The van der Waals surface area contributed by atoms with E-state index in [4.69, 9.17) is 23.2 Å². The van der Waals surface area contributed by atoms with Crippen molar-refractivity contribution in [1.82, 2.24) is 10.2 Å². The van der Waals surface area contributed by atoms with E-state index in [1.165, 1.54) is 5.56 Å². The quantitative estimate of drug-likeness (QED) is 0.305. The Labute approximate surface area is 224 Å². The molecule has 2 amide bonds. The van der Waals surface area contributed by atoms with Gasteiger partial charge in [0.1, 0.15) is 6.04 Å². The zero-order valence-electron chi connectivity index (χ0n) is 21.1. The van der Waals surface area contributed by atoms with Gasteiger partial charge in [0.15, 0.2) is 0 Å². The predicted octanol–water partition coefficient (Wildman–Crippen LogP) is 6.65. The summed E-state index contributed by atoms with van der Waals surface area (Å²) >= 11 is 12.6. The van der Waals surface area contributed by atoms with Crippen LogP contribution in [0.2, 0.25) is 10.0 Å². The lowest BCUT2D eigenvalue weighted by Crippen LogP contribution is -2.51. The smallest absolute Gasteiger partial charge is 0.243 e. The summed E-state index contributed by atoms with van der Waals surface area (Å²) in [6, 6.07) is 22.5. The number of amides is 2. The molecule has 0 radical (unpaired) electrons. The minimum Gasteiger partial charge on any atom is -0.354 e. The fourth-order valence-corrected chi connectivity index (χ4v) is 4.43. The van der Waals surface area contributed by atoms with Gasteiger partial charge in [-0.25, -0.2) is 0 Å². The first-order valence-corrected chi connectivity index (χ1v) is 13.1. The normalized spacial score (nSPS) is 11.8. The van der Waals surface area contributed by atoms with Crippen molar-refractivity contribution in [2.45, 2.75) is 52.6 Å². The Morgan fingerprint density at radius 2 is 1.61 bits per heavy atom. The van der Waals surface area contributed by atoms with Crippen LogP contribution < -0.4 is 5.32 Å². The number of benzene rings is 3. The number of rotatable bonds is 11. The Hall–Kier alpha value is -2.82. The number of halogens is 2. The van der Waals surface area contributed by atoms with Crippen LogP contribution in [0.3, 0.4) is 0 Å². The molecule has 1 atom stereocenters. The van der Waals surface area contributed by atoms with Gasteiger partial charge in [0.2, 0.25) is 11.8 Å². The first kappa shape index (κ1) is 27.8. The van der Waals surface area contributed by atoms with Crippen LogP contribution in [-0.4, -0.2) is 29.3 Å². The van der Waals surface area contributed by atoms with Crippen molar-refractivity contribution in [3.05, 3.63) is 105 Å². The van der Waals surface area contributed by atoms with E-state index in [2.05, 4.69) is 5.32 Å². The van der Waals surface area contributed by atoms with Crippen molar-refractivity contribution in [3.63, 3.8) is 0 Å². The van der Waals surface area contributed by atoms with Crippen LogP contribution in [0.25, 0.3) is 0 Å². The van der Waals surface area contributed by atoms with Crippen molar-refractivity contribution in [2.75, 3.05) is 6.54 Å². The molecule has 190 valence electrons. The van der Waals surface area contributed by atoms with Gasteiger partial charge in [-0.3, -0.25) is 9.59 Å². The molecule has 0 heterocycles. The number of carbonyl (C=O) groups excluding carboxylic acids is 2. The predicted molar refractivity (Wildman–Crippen MR) is 148 cm³/mol. The maximum absolute atomic E-state index is 13.7. The SMILES string of the molecule is Cc1ccc(CCC(=O)N(Cc2ccc(Cl)cc2Cl)[C@@H](Cc2ccccc2)C(=O)NCC(C)C)cc1. The lowest BCUT2D eigenvalue weighted by molar-refractivity contribution is -0.141. The molecule has 3 aromatic carbocycles. The fourth-order valence-electron chi connectivity index (χ4n) is 3.96. The third-order valence-corrected chi connectivity index (χ3v) is 6.65. The van der Waals surface area contributed by atoms with Crippen LogP contribution >= 0.6 is 23.2 Å². The minimum atomic E-state index is -0.677. The maximum Gasteiger partial charge on any atom is 0.243 e. The average molecular weight is 526 g/mol. The van der Waals surface area contributed by atoms with Crippen molar-refractivity contribution in [2.24, 2.45) is 5.92 Å². The Morgan fingerprint density at radius 1 is 0.917 bits per heavy atom. The molecular formula is C30H34Cl2N2O2. The van der Waals surface area contributed by atoms with E-state index in [1.807, 2.05) is 81.4 Å². The number of hydrogen-bond donors (Lipinski definition) is 1. The van der Waals surface area contributed by atoms with E-state index in [0.29, 0.717) is 35.3 Å². The molecule has 0 spiro atoms. The molecule has 0 fully saturated rings. The zero-order valence-corrected chi connectivity index (χ0v) is 22.6. The molecule has 0 aliphatic carbocycles. The van der Waals surface area contributed by atoms with Crippen molar-refractivity contribution < 1.29 is 9.59 Å². The number of nitrogens with one attached hydrogen (secondary N) is 1. The number of aryl methyl sites for hydroxylation is 2. The van der Waals surface area contributed by atoms with Gasteiger partial charge in [0.05, 0.1) is 0 Å². The van der Waals surface area contributed by atoms with E-state index in [0.717, 1.165) is 16.7 Å². The van der Waals surface area contributed by atoms with Crippen LogP contribution in [0.1, 0.15) is 42.5 Å². The highest BCUT2D eigenvalue weighted by Crippen LogP contribution is 2.25. The van der Waals surface area contributed by atoms with Crippen LogP contribution in [0.15, 0.2) is 72.8 Å². The molecule has 1 N–H and O–H groups in total. The molecule has 0 aliphatic rings. The molecule has 4 nitrogen and oxygen atoms in total. The molecule has 0 aliphatic heterocycles. The topological polar surface area (TPSA) is 49.4 Å².